The average Bonchev–Trinajstić information content (AvgIpc) is 2.42. The molecule has 1 heterocycles. The highest BCUT2D eigenvalue weighted by atomic mass is 16.6. The van der Waals surface area contributed by atoms with Crippen molar-refractivity contribution in [3.63, 3.8) is 0 Å². The van der Waals surface area contributed by atoms with Crippen LogP contribution in [0.2, 0.25) is 0 Å². The summed E-state index contributed by atoms with van der Waals surface area (Å²) in [6, 6.07) is 2.91. The van der Waals surface area contributed by atoms with Gasteiger partial charge in [0.1, 0.15) is 6.20 Å². The molecular formula is C12H16N2O5. The number of rotatable bonds is 7. The van der Waals surface area contributed by atoms with Crippen molar-refractivity contribution in [1.82, 2.24) is 4.98 Å². The molecule has 0 spiro atoms. The number of hydrogen-bond acceptors (Lipinski definition) is 6. The van der Waals surface area contributed by atoms with E-state index in [0.717, 1.165) is 0 Å². The molecule has 1 rings (SSSR count). The van der Waals surface area contributed by atoms with Gasteiger partial charge in [0.15, 0.2) is 6.10 Å². The molecule has 0 aliphatic heterocycles. The van der Waals surface area contributed by atoms with E-state index >= 15 is 0 Å². The predicted molar refractivity (Wildman–Crippen MR) is 66.8 cm³/mol. The van der Waals surface area contributed by atoms with Crippen molar-refractivity contribution in [3.05, 3.63) is 28.4 Å². The third kappa shape index (κ3) is 4.20. The van der Waals surface area contributed by atoms with Crippen LogP contribution in [-0.2, 0) is 9.53 Å². The van der Waals surface area contributed by atoms with Crippen LogP contribution in [0.4, 0.5) is 5.82 Å². The van der Waals surface area contributed by atoms with Crippen molar-refractivity contribution in [2.75, 3.05) is 6.61 Å². The quantitative estimate of drug-likeness (QED) is 0.427. The molecule has 7 heteroatoms. The fraction of sp³-hybridized carbons (Fsp3) is 0.500. The second-order valence-corrected chi connectivity index (χ2v) is 3.76. The molecule has 0 radical (unpaired) electrons. The summed E-state index contributed by atoms with van der Waals surface area (Å²) in [5.41, 5.74) is 0. The monoisotopic (exact) mass is 268 g/mol. The minimum Gasteiger partial charge on any atom is -0.470 e. The number of nitro groups is 1. The van der Waals surface area contributed by atoms with Crippen LogP contribution in [-0.4, -0.2) is 28.6 Å². The summed E-state index contributed by atoms with van der Waals surface area (Å²) in [6.07, 6.45) is 1.49. The summed E-state index contributed by atoms with van der Waals surface area (Å²) in [6.45, 7) is 3.91. The summed E-state index contributed by atoms with van der Waals surface area (Å²) in [5.74, 6) is -0.973. The molecule has 0 amide bonds. The van der Waals surface area contributed by atoms with Gasteiger partial charge in [-0.05, 0) is 34.9 Å². The summed E-state index contributed by atoms with van der Waals surface area (Å²) < 4.78 is 10.3. The van der Waals surface area contributed by atoms with Crippen LogP contribution in [0.5, 0.6) is 5.75 Å². The first-order chi connectivity index (χ1) is 9.10. The number of carbonyl (C=O) groups excluding carboxylic acids is 1. The molecule has 0 saturated carbocycles. The Labute approximate surface area is 110 Å². The molecule has 104 valence electrons. The van der Waals surface area contributed by atoms with Gasteiger partial charge < -0.3 is 19.6 Å². The largest absolute Gasteiger partial charge is 0.470 e. The van der Waals surface area contributed by atoms with E-state index in [9.17, 15) is 14.9 Å². The Balaban J connectivity index is 2.81. The van der Waals surface area contributed by atoms with Crippen LogP contribution in [0.25, 0.3) is 0 Å². The van der Waals surface area contributed by atoms with Gasteiger partial charge in [-0.15, -0.1) is 0 Å². The van der Waals surface area contributed by atoms with E-state index in [2.05, 4.69) is 4.98 Å². The zero-order chi connectivity index (χ0) is 14.3. The number of hydrogen-bond donors (Lipinski definition) is 0. The molecule has 0 N–H and O–H groups in total. The first-order valence-electron chi connectivity index (χ1n) is 6.02. The van der Waals surface area contributed by atoms with Crippen LogP contribution in [0.15, 0.2) is 18.3 Å². The highest BCUT2D eigenvalue weighted by Crippen LogP contribution is 2.24. The molecule has 1 unspecified atom stereocenters. The van der Waals surface area contributed by atoms with E-state index in [4.69, 9.17) is 9.47 Å². The van der Waals surface area contributed by atoms with Gasteiger partial charge in [0.25, 0.3) is 0 Å². The minimum atomic E-state index is -0.866. The van der Waals surface area contributed by atoms with Gasteiger partial charge in [-0.3, -0.25) is 0 Å². The topological polar surface area (TPSA) is 91.6 Å². The number of aromatic nitrogens is 1. The Hall–Kier alpha value is -2.18. The van der Waals surface area contributed by atoms with Crippen molar-refractivity contribution in [1.29, 1.82) is 0 Å². The van der Waals surface area contributed by atoms with Crippen molar-refractivity contribution >= 4 is 11.8 Å². The Morgan fingerprint density at radius 2 is 2.26 bits per heavy atom. The third-order valence-electron chi connectivity index (χ3n) is 2.28. The molecule has 0 aliphatic rings. The van der Waals surface area contributed by atoms with Gasteiger partial charge in [0.2, 0.25) is 5.75 Å². The highest BCUT2D eigenvalue weighted by molar-refractivity contribution is 5.75. The zero-order valence-electron chi connectivity index (χ0n) is 10.9. The molecular weight excluding hydrogens is 252 g/mol. The lowest BCUT2D eigenvalue weighted by Crippen LogP contribution is -2.29. The fourth-order valence-electron chi connectivity index (χ4n) is 1.36. The van der Waals surface area contributed by atoms with Crippen molar-refractivity contribution in [2.45, 2.75) is 32.8 Å². The SMILES string of the molecule is CCCOC(=O)C(CC)Oc1cccnc1[N+](=O)[O-]. The maximum atomic E-state index is 11.7. The molecule has 0 bridgehead atoms. The lowest BCUT2D eigenvalue weighted by Gasteiger charge is -2.15. The summed E-state index contributed by atoms with van der Waals surface area (Å²) in [7, 11) is 0. The molecule has 19 heavy (non-hydrogen) atoms. The van der Waals surface area contributed by atoms with Crippen molar-refractivity contribution in [3.8, 4) is 5.75 Å². The van der Waals surface area contributed by atoms with Gasteiger partial charge in [0.05, 0.1) is 6.61 Å². The van der Waals surface area contributed by atoms with Gasteiger partial charge in [-0.1, -0.05) is 13.8 Å². The summed E-state index contributed by atoms with van der Waals surface area (Å²) >= 11 is 0. The Kier molecular flexibility index (Phi) is 5.72. The minimum absolute atomic E-state index is 0.0344. The second-order valence-electron chi connectivity index (χ2n) is 3.76. The number of ether oxygens (including phenoxy) is 2. The maximum Gasteiger partial charge on any atom is 0.406 e. The first kappa shape index (κ1) is 14.9. The third-order valence-corrected chi connectivity index (χ3v) is 2.28. The van der Waals surface area contributed by atoms with Gasteiger partial charge >= 0.3 is 11.8 Å². The normalized spacial score (nSPS) is 11.7. The standard InChI is InChI=1S/C12H16N2O5/c1-3-8-18-12(15)9(4-2)19-10-6-5-7-13-11(10)14(16)17/h5-7,9H,3-4,8H2,1-2H3. The molecule has 1 aromatic heterocycles. The Morgan fingerprint density at radius 1 is 1.53 bits per heavy atom. The zero-order valence-corrected chi connectivity index (χ0v) is 10.9. The van der Waals surface area contributed by atoms with Crippen LogP contribution in [0.1, 0.15) is 26.7 Å². The Morgan fingerprint density at radius 3 is 2.84 bits per heavy atom. The number of esters is 1. The average molecular weight is 268 g/mol. The molecule has 0 aliphatic carbocycles. The molecule has 1 atom stereocenters. The number of carbonyl (C=O) groups is 1. The maximum absolute atomic E-state index is 11.7. The second kappa shape index (κ2) is 7.30. The molecule has 0 fully saturated rings. The first-order valence-corrected chi connectivity index (χ1v) is 6.02. The van der Waals surface area contributed by atoms with E-state index in [-0.39, 0.29) is 5.75 Å². The van der Waals surface area contributed by atoms with Gasteiger partial charge in [-0.2, -0.15) is 0 Å². The Bertz CT molecular complexity index is 450. The lowest BCUT2D eigenvalue weighted by molar-refractivity contribution is -0.390. The van der Waals surface area contributed by atoms with E-state index in [0.29, 0.717) is 19.4 Å². The van der Waals surface area contributed by atoms with Crippen LogP contribution >= 0.6 is 0 Å². The molecule has 7 nitrogen and oxygen atoms in total. The van der Waals surface area contributed by atoms with Crippen LogP contribution in [0.3, 0.4) is 0 Å². The van der Waals surface area contributed by atoms with E-state index in [1.807, 2.05) is 6.92 Å². The van der Waals surface area contributed by atoms with Crippen molar-refractivity contribution in [2.24, 2.45) is 0 Å². The number of pyridine rings is 1. The predicted octanol–water partition coefficient (Wildman–Crippen LogP) is 2.10. The molecule has 1 aromatic rings. The van der Waals surface area contributed by atoms with Crippen LogP contribution in [0, 0.1) is 10.1 Å². The van der Waals surface area contributed by atoms with E-state index in [1.165, 1.54) is 18.3 Å². The highest BCUT2D eigenvalue weighted by Gasteiger charge is 2.24. The number of nitrogens with zero attached hydrogens (tertiary/aromatic N) is 2. The van der Waals surface area contributed by atoms with E-state index in [1.54, 1.807) is 6.92 Å². The van der Waals surface area contributed by atoms with E-state index < -0.39 is 22.8 Å². The van der Waals surface area contributed by atoms with Gasteiger partial charge in [0, 0.05) is 0 Å². The fourth-order valence-corrected chi connectivity index (χ4v) is 1.36. The molecule has 0 aromatic carbocycles. The van der Waals surface area contributed by atoms with Crippen molar-refractivity contribution < 1.29 is 19.2 Å². The summed E-state index contributed by atoms with van der Waals surface area (Å²) in [4.78, 5) is 25.4. The summed E-state index contributed by atoms with van der Waals surface area (Å²) in [5, 5.41) is 10.8. The molecule has 0 saturated heterocycles. The van der Waals surface area contributed by atoms with Gasteiger partial charge in [-0.25, -0.2) is 4.79 Å². The van der Waals surface area contributed by atoms with Crippen LogP contribution < -0.4 is 4.74 Å². The smallest absolute Gasteiger partial charge is 0.406 e. The lowest BCUT2D eigenvalue weighted by atomic mass is 10.3.